The fourth-order valence-corrected chi connectivity index (χ4v) is 10.6. The molecule has 4 nitrogen and oxygen atoms in total. The van der Waals surface area contributed by atoms with E-state index in [1.807, 2.05) is 72.0 Å². The summed E-state index contributed by atoms with van der Waals surface area (Å²) in [5.41, 5.74) is 8.89. The van der Waals surface area contributed by atoms with Crippen molar-refractivity contribution in [3.05, 3.63) is 182 Å². The number of rotatable bonds is 5. The van der Waals surface area contributed by atoms with Gasteiger partial charge < -0.3 is 4.57 Å². The van der Waals surface area contributed by atoms with Crippen LogP contribution in [0, 0.1) is 0 Å². The van der Waals surface area contributed by atoms with E-state index in [2.05, 4.69) is 126 Å². The van der Waals surface area contributed by atoms with Crippen LogP contribution in [0.25, 0.3) is 113 Å². The Morgan fingerprint density at radius 2 is 0.842 bits per heavy atom. The second-order valence-corrected chi connectivity index (χ2v) is 16.6. The average molecular weight is 763 g/mol. The fraction of sp³-hybridized carbons (Fsp3) is 0. The molecule has 0 aliphatic rings. The lowest BCUT2D eigenvalue weighted by Gasteiger charge is -2.10. The van der Waals surface area contributed by atoms with Crippen LogP contribution in [0.15, 0.2) is 182 Å². The first-order valence-corrected chi connectivity index (χ1v) is 20.6. The van der Waals surface area contributed by atoms with Crippen molar-refractivity contribution in [3.63, 3.8) is 0 Å². The molecule has 12 aromatic rings. The Morgan fingerprint density at radius 1 is 0.298 bits per heavy atom. The van der Waals surface area contributed by atoms with Gasteiger partial charge in [-0.1, -0.05) is 127 Å². The molecule has 57 heavy (non-hydrogen) atoms. The predicted octanol–water partition coefficient (Wildman–Crippen LogP) is 14.4. The van der Waals surface area contributed by atoms with E-state index in [9.17, 15) is 0 Å². The van der Waals surface area contributed by atoms with Crippen LogP contribution in [0.3, 0.4) is 0 Å². The van der Waals surface area contributed by atoms with Gasteiger partial charge in [-0.25, -0.2) is 15.0 Å². The summed E-state index contributed by atoms with van der Waals surface area (Å²) in [6, 6.07) is 65.0. The summed E-state index contributed by atoms with van der Waals surface area (Å²) < 4.78 is 7.54. The third-order valence-corrected chi connectivity index (χ3v) is 13.3. The first-order valence-electron chi connectivity index (χ1n) is 19.0. The summed E-state index contributed by atoms with van der Waals surface area (Å²) >= 11 is 3.68. The zero-order chi connectivity index (χ0) is 37.5. The molecule has 0 N–H and O–H groups in total. The smallest absolute Gasteiger partial charge is 0.164 e. The van der Waals surface area contributed by atoms with E-state index in [1.54, 1.807) is 11.3 Å². The van der Waals surface area contributed by atoms with Gasteiger partial charge in [0.25, 0.3) is 0 Å². The lowest BCUT2D eigenvalue weighted by molar-refractivity contribution is 1.07. The van der Waals surface area contributed by atoms with Crippen molar-refractivity contribution >= 4 is 84.8 Å². The largest absolute Gasteiger partial charge is 0.309 e. The third-order valence-electron chi connectivity index (χ3n) is 11.1. The molecule has 0 fully saturated rings. The first-order chi connectivity index (χ1) is 28.2. The molecule has 12 rings (SSSR count). The SMILES string of the molecule is c1ccc(-c2nc(-c3ccccc3)nc(-c3ccc4c(c3)sc3ccc(-c5ccc(-n6c7ccccc7c7cc8sc9ccccc9c8cc76)cc5)cc34)n2)cc1. The molecule has 0 aliphatic carbocycles. The van der Waals surface area contributed by atoms with Gasteiger partial charge in [0.2, 0.25) is 0 Å². The van der Waals surface area contributed by atoms with Crippen molar-refractivity contribution in [1.82, 2.24) is 19.5 Å². The quantitative estimate of drug-likeness (QED) is 0.175. The van der Waals surface area contributed by atoms with E-state index in [-0.39, 0.29) is 0 Å². The Labute approximate surface area is 335 Å². The summed E-state index contributed by atoms with van der Waals surface area (Å²) in [6.45, 7) is 0. The lowest BCUT2D eigenvalue weighted by atomic mass is 10.0. The second-order valence-electron chi connectivity index (χ2n) is 14.4. The molecule has 0 spiro atoms. The molecule has 0 saturated carbocycles. The Morgan fingerprint density at radius 3 is 1.58 bits per heavy atom. The second kappa shape index (κ2) is 12.8. The van der Waals surface area contributed by atoms with E-state index in [4.69, 9.17) is 15.0 Å². The molecule has 0 radical (unpaired) electrons. The number of hydrogen-bond acceptors (Lipinski definition) is 5. The Kier molecular flexibility index (Phi) is 7.24. The van der Waals surface area contributed by atoms with E-state index < -0.39 is 0 Å². The van der Waals surface area contributed by atoms with Crippen molar-refractivity contribution in [2.45, 2.75) is 0 Å². The van der Waals surface area contributed by atoms with Crippen LogP contribution < -0.4 is 0 Å². The van der Waals surface area contributed by atoms with Crippen molar-refractivity contribution in [2.75, 3.05) is 0 Å². The highest BCUT2D eigenvalue weighted by molar-refractivity contribution is 7.26. The van der Waals surface area contributed by atoms with Gasteiger partial charge in [0.1, 0.15) is 0 Å². The monoisotopic (exact) mass is 762 g/mol. The average Bonchev–Trinajstić information content (AvgIpc) is 3.94. The Bertz CT molecular complexity index is 3450. The number of hydrogen-bond donors (Lipinski definition) is 0. The van der Waals surface area contributed by atoms with Gasteiger partial charge in [0, 0.05) is 73.5 Å². The summed E-state index contributed by atoms with van der Waals surface area (Å²) in [5.74, 6) is 2.00. The maximum Gasteiger partial charge on any atom is 0.164 e. The standard InChI is InChI=1S/C51H30N4S2/c1-3-11-32(12-4-1)49-52-50(33-13-5-2-6-14-33)54-51(53-49)35-21-25-39-41-27-34(22-26-46(41)57-47(39)28-35)31-19-23-36(24-20-31)55-43-17-9-7-15-37(43)40-30-48-42(29-44(40)55)38-16-8-10-18-45(38)56-48/h1-30H. The molecular formula is C51H30N4S2. The number of thiophene rings is 2. The van der Waals surface area contributed by atoms with Crippen LogP contribution in [0.1, 0.15) is 0 Å². The van der Waals surface area contributed by atoms with Crippen molar-refractivity contribution in [1.29, 1.82) is 0 Å². The van der Waals surface area contributed by atoms with Crippen LogP contribution in [0.2, 0.25) is 0 Å². The topological polar surface area (TPSA) is 43.6 Å². The molecule has 4 aromatic heterocycles. The number of aromatic nitrogens is 4. The predicted molar refractivity (Wildman–Crippen MR) is 242 cm³/mol. The Balaban J connectivity index is 0.927. The number of nitrogens with zero attached hydrogens (tertiary/aromatic N) is 4. The summed E-state index contributed by atoms with van der Waals surface area (Å²) in [7, 11) is 0. The van der Waals surface area contributed by atoms with Crippen LogP contribution in [0.5, 0.6) is 0 Å². The zero-order valence-electron chi connectivity index (χ0n) is 30.4. The summed E-state index contributed by atoms with van der Waals surface area (Å²) in [4.78, 5) is 14.8. The molecule has 6 heteroatoms. The van der Waals surface area contributed by atoms with E-state index >= 15 is 0 Å². The Hall–Kier alpha value is -6.99. The van der Waals surface area contributed by atoms with Gasteiger partial charge in [0.15, 0.2) is 17.5 Å². The maximum atomic E-state index is 4.98. The van der Waals surface area contributed by atoms with Crippen molar-refractivity contribution < 1.29 is 0 Å². The minimum atomic E-state index is 0.665. The molecule has 0 aliphatic heterocycles. The van der Waals surface area contributed by atoms with E-state index in [0.29, 0.717) is 17.5 Å². The van der Waals surface area contributed by atoms with Crippen LogP contribution in [-0.4, -0.2) is 19.5 Å². The third kappa shape index (κ3) is 5.30. The van der Waals surface area contributed by atoms with Gasteiger partial charge in [-0.15, -0.1) is 22.7 Å². The minimum Gasteiger partial charge on any atom is -0.309 e. The normalized spacial score (nSPS) is 11.9. The molecular weight excluding hydrogens is 733 g/mol. The fourth-order valence-electron chi connectivity index (χ4n) is 8.30. The van der Waals surface area contributed by atoms with Crippen LogP contribution >= 0.6 is 22.7 Å². The number of benzene rings is 8. The molecule has 0 bridgehead atoms. The van der Waals surface area contributed by atoms with Crippen LogP contribution in [-0.2, 0) is 0 Å². The minimum absolute atomic E-state index is 0.665. The van der Waals surface area contributed by atoms with E-state index in [0.717, 1.165) is 22.4 Å². The van der Waals surface area contributed by atoms with Crippen molar-refractivity contribution in [3.8, 4) is 51.0 Å². The highest BCUT2D eigenvalue weighted by Crippen LogP contribution is 2.42. The van der Waals surface area contributed by atoms with Crippen LogP contribution in [0.4, 0.5) is 0 Å². The summed E-state index contributed by atoms with van der Waals surface area (Å²) in [6.07, 6.45) is 0. The molecule has 0 saturated heterocycles. The highest BCUT2D eigenvalue weighted by Gasteiger charge is 2.17. The maximum absolute atomic E-state index is 4.98. The van der Waals surface area contributed by atoms with Gasteiger partial charge in [0.05, 0.1) is 11.0 Å². The zero-order valence-corrected chi connectivity index (χ0v) is 32.1. The molecule has 0 unspecified atom stereocenters. The van der Waals surface area contributed by atoms with Gasteiger partial charge in [-0.2, -0.15) is 0 Å². The lowest BCUT2D eigenvalue weighted by Crippen LogP contribution is -1.99. The van der Waals surface area contributed by atoms with Gasteiger partial charge in [-0.3, -0.25) is 0 Å². The molecule has 0 atom stereocenters. The number of fused-ring (bicyclic) bond motifs is 9. The first kappa shape index (κ1) is 32.3. The molecule has 8 aromatic carbocycles. The summed E-state index contributed by atoms with van der Waals surface area (Å²) in [5, 5.41) is 7.68. The van der Waals surface area contributed by atoms with Crippen molar-refractivity contribution in [2.24, 2.45) is 0 Å². The van der Waals surface area contributed by atoms with Gasteiger partial charge in [-0.05, 0) is 65.7 Å². The highest BCUT2D eigenvalue weighted by atomic mass is 32.1. The molecule has 0 amide bonds. The number of para-hydroxylation sites is 1. The van der Waals surface area contributed by atoms with Gasteiger partial charge >= 0.3 is 0 Å². The van der Waals surface area contributed by atoms with E-state index in [1.165, 1.54) is 73.3 Å². The molecule has 266 valence electrons. The molecule has 4 heterocycles.